The highest BCUT2D eigenvalue weighted by molar-refractivity contribution is 5.67. The van der Waals surface area contributed by atoms with Crippen molar-refractivity contribution in [3.8, 4) is 0 Å². The first-order valence-electron chi connectivity index (χ1n) is 4.35. The van der Waals surface area contributed by atoms with Gasteiger partial charge in [0.2, 0.25) is 0 Å². The molecule has 2 nitrogen and oxygen atoms in total. The molecule has 0 amide bonds. The van der Waals surface area contributed by atoms with Crippen LogP contribution in [0.4, 0.5) is 0 Å². The van der Waals surface area contributed by atoms with Crippen LogP contribution in [0.2, 0.25) is 0 Å². The quantitative estimate of drug-likeness (QED) is 0.711. The average Bonchev–Trinajstić information content (AvgIpc) is 2.29. The summed E-state index contributed by atoms with van der Waals surface area (Å²) in [4.78, 5) is 7.94. The maximum Gasteiger partial charge on any atom is 0.115 e. The van der Waals surface area contributed by atoms with Gasteiger partial charge >= 0.3 is 0 Å². The summed E-state index contributed by atoms with van der Waals surface area (Å²) in [6, 6.07) is 12.6. The molecular formula is C12H9N2. The molecule has 0 spiro atoms. The van der Waals surface area contributed by atoms with Crippen LogP contribution in [0.1, 0.15) is 11.3 Å². The minimum atomic E-state index is 0.910. The molecule has 1 heterocycles. The fraction of sp³-hybridized carbons (Fsp3) is 0. The normalized spacial score (nSPS) is 10.6. The second kappa shape index (κ2) is 4.33. The van der Waals surface area contributed by atoms with Crippen molar-refractivity contribution in [2.45, 2.75) is 0 Å². The van der Waals surface area contributed by atoms with Crippen LogP contribution < -0.4 is 0 Å². The Balaban J connectivity index is 2.16. The van der Waals surface area contributed by atoms with Crippen LogP contribution in [0, 0.1) is 6.07 Å². The van der Waals surface area contributed by atoms with Gasteiger partial charge in [-0.2, -0.15) is 0 Å². The van der Waals surface area contributed by atoms with E-state index >= 15 is 0 Å². The molecule has 0 N–H and O–H groups in total. The molecule has 2 aromatic rings. The van der Waals surface area contributed by atoms with Gasteiger partial charge in [0.1, 0.15) is 6.33 Å². The molecule has 0 saturated heterocycles. The Kier molecular flexibility index (Phi) is 2.67. The van der Waals surface area contributed by atoms with Crippen molar-refractivity contribution < 1.29 is 0 Å². The molecule has 0 saturated carbocycles. The van der Waals surface area contributed by atoms with Gasteiger partial charge in [-0.15, -0.1) is 0 Å². The fourth-order valence-electron chi connectivity index (χ4n) is 1.09. The van der Waals surface area contributed by atoms with E-state index in [2.05, 4.69) is 16.0 Å². The molecule has 0 aliphatic heterocycles. The van der Waals surface area contributed by atoms with Crippen molar-refractivity contribution in [2.75, 3.05) is 0 Å². The Morgan fingerprint density at radius 1 is 1.07 bits per heavy atom. The molecule has 0 unspecified atom stereocenters. The zero-order valence-electron chi connectivity index (χ0n) is 7.59. The average molecular weight is 181 g/mol. The van der Waals surface area contributed by atoms with Gasteiger partial charge in [0.25, 0.3) is 0 Å². The van der Waals surface area contributed by atoms with E-state index in [0.29, 0.717) is 0 Å². The van der Waals surface area contributed by atoms with E-state index < -0.39 is 0 Å². The Bertz CT molecular complexity index is 365. The molecule has 0 fully saturated rings. The number of rotatable bonds is 2. The zero-order valence-corrected chi connectivity index (χ0v) is 7.59. The van der Waals surface area contributed by atoms with Crippen LogP contribution in [0.15, 0.2) is 42.9 Å². The molecule has 1 radical (unpaired) electrons. The van der Waals surface area contributed by atoms with Gasteiger partial charge in [-0.1, -0.05) is 30.3 Å². The number of aromatic nitrogens is 2. The van der Waals surface area contributed by atoms with Gasteiger partial charge in [-0.05, 0) is 23.8 Å². The molecule has 0 aliphatic carbocycles. The lowest BCUT2D eigenvalue weighted by atomic mass is 10.2. The second-order valence-electron chi connectivity index (χ2n) is 2.80. The third kappa shape index (κ3) is 2.26. The van der Waals surface area contributed by atoms with Crippen molar-refractivity contribution in [3.05, 3.63) is 60.2 Å². The molecule has 1 aromatic carbocycles. The van der Waals surface area contributed by atoms with Crippen LogP contribution >= 0.6 is 0 Å². The van der Waals surface area contributed by atoms with Crippen LogP contribution in [-0.4, -0.2) is 9.97 Å². The maximum absolute atomic E-state index is 4.09. The molecule has 0 atom stereocenters. The Morgan fingerprint density at radius 3 is 2.64 bits per heavy atom. The van der Waals surface area contributed by atoms with E-state index in [4.69, 9.17) is 0 Å². The lowest BCUT2D eigenvalue weighted by molar-refractivity contribution is 1.15. The van der Waals surface area contributed by atoms with Crippen molar-refractivity contribution in [1.29, 1.82) is 0 Å². The standard InChI is InChI=1S/C12H9N2/c1-2-4-11(5-3-1)6-7-12-8-9-13-10-14-12/h2-10H. The van der Waals surface area contributed by atoms with Crippen molar-refractivity contribution >= 4 is 12.2 Å². The van der Waals surface area contributed by atoms with Gasteiger partial charge < -0.3 is 0 Å². The molecule has 0 aliphatic rings. The summed E-state index contributed by atoms with van der Waals surface area (Å²) in [6.45, 7) is 0. The summed E-state index contributed by atoms with van der Waals surface area (Å²) in [5.74, 6) is 0. The third-order valence-electron chi connectivity index (χ3n) is 1.80. The lowest BCUT2D eigenvalue weighted by Crippen LogP contribution is -1.79. The fourth-order valence-corrected chi connectivity index (χ4v) is 1.09. The molecule has 2 heteroatoms. The predicted molar refractivity (Wildman–Crippen MR) is 56.2 cm³/mol. The largest absolute Gasteiger partial charge is 0.245 e. The molecule has 2 rings (SSSR count). The highest BCUT2D eigenvalue weighted by Crippen LogP contribution is 2.04. The summed E-state index contributed by atoms with van der Waals surface area (Å²) in [7, 11) is 0. The molecular weight excluding hydrogens is 172 g/mol. The topological polar surface area (TPSA) is 25.8 Å². The van der Waals surface area contributed by atoms with E-state index in [1.54, 1.807) is 12.5 Å². The van der Waals surface area contributed by atoms with Crippen molar-refractivity contribution in [1.82, 2.24) is 9.97 Å². The zero-order chi connectivity index (χ0) is 9.64. The lowest BCUT2D eigenvalue weighted by Gasteiger charge is -1.91. The summed E-state index contributed by atoms with van der Waals surface area (Å²) < 4.78 is 0. The Morgan fingerprint density at radius 2 is 1.93 bits per heavy atom. The molecule has 0 bridgehead atoms. The Hall–Kier alpha value is -1.96. The van der Waals surface area contributed by atoms with E-state index in [9.17, 15) is 0 Å². The number of hydrogen-bond donors (Lipinski definition) is 0. The summed E-state index contributed by atoms with van der Waals surface area (Å²) >= 11 is 0. The van der Waals surface area contributed by atoms with Crippen LogP contribution in [0.25, 0.3) is 12.2 Å². The first kappa shape index (κ1) is 8.63. The van der Waals surface area contributed by atoms with E-state index in [1.807, 2.05) is 42.5 Å². The number of nitrogens with zero attached hydrogens (tertiary/aromatic N) is 2. The SMILES string of the molecule is [c]1ccc(C=Cc2ccncn2)cc1. The van der Waals surface area contributed by atoms with Crippen LogP contribution in [0.3, 0.4) is 0 Å². The number of hydrogen-bond acceptors (Lipinski definition) is 2. The van der Waals surface area contributed by atoms with Gasteiger partial charge in [0, 0.05) is 6.20 Å². The van der Waals surface area contributed by atoms with Crippen LogP contribution in [0.5, 0.6) is 0 Å². The smallest absolute Gasteiger partial charge is 0.115 e. The Labute approximate surface area is 83.0 Å². The summed E-state index contributed by atoms with van der Waals surface area (Å²) in [5, 5.41) is 0. The monoisotopic (exact) mass is 181 g/mol. The number of benzene rings is 1. The van der Waals surface area contributed by atoms with Gasteiger partial charge in [0.15, 0.2) is 0 Å². The molecule has 1 aromatic heterocycles. The minimum Gasteiger partial charge on any atom is -0.245 e. The third-order valence-corrected chi connectivity index (χ3v) is 1.80. The predicted octanol–water partition coefficient (Wildman–Crippen LogP) is 2.45. The minimum absolute atomic E-state index is 0.910. The maximum atomic E-state index is 4.09. The van der Waals surface area contributed by atoms with E-state index in [1.165, 1.54) is 0 Å². The summed E-state index contributed by atoms with van der Waals surface area (Å²) in [5.41, 5.74) is 2.05. The first-order chi connectivity index (χ1) is 6.95. The first-order valence-corrected chi connectivity index (χ1v) is 4.35. The van der Waals surface area contributed by atoms with E-state index in [0.717, 1.165) is 11.3 Å². The van der Waals surface area contributed by atoms with Gasteiger partial charge in [-0.25, -0.2) is 9.97 Å². The van der Waals surface area contributed by atoms with Crippen LogP contribution in [-0.2, 0) is 0 Å². The highest BCUT2D eigenvalue weighted by Gasteiger charge is 1.86. The summed E-state index contributed by atoms with van der Waals surface area (Å²) in [6.07, 6.45) is 7.23. The highest BCUT2D eigenvalue weighted by atomic mass is 14.8. The van der Waals surface area contributed by atoms with Crippen molar-refractivity contribution in [2.24, 2.45) is 0 Å². The molecule has 14 heavy (non-hydrogen) atoms. The molecule has 67 valence electrons. The van der Waals surface area contributed by atoms with Gasteiger partial charge in [0.05, 0.1) is 5.69 Å². The van der Waals surface area contributed by atoms with Crippen molar-refractivity contribution in [3.63, 3.8) is 0 Å². The van der Waals surface area contributed by atoms with Gasteiger partial charge in [-0.3, -0.25) is 0 Å². The van der Waals surface area contributed by atoms with E-state index in [-0.39, 0.29) is 0 Å². The second-order valence-corrected chi connectivity index (χ2v) is 2.80.